The van der Waals surface area contributed by atoms with Crippen LogP contribution in [0.5, 0.6) is 5.75 Å². The van der Waals surface area contributed by atoms with Crippen molar-refractivity contribution in [2.45, 2.75) is 6.61 Å². The molecule has 0 bridgehead atoms. The SMILES string of the molecule is COc1cnc(CO)nc1.[Na]. The van der Waals surface area contributed by atoms with E-state index in [0.29, 0.717) is 11.6 Å². The molecule has 1 heterocycles. The predicted molar refractivity (Wildman–Crippen MR) is 40.3 cm³/mol. The molecule has 1 N–H and O–H groups in total. The van der Waals surface area contributed by atoms with Crippen LogP contribution in [0, 0.1) is 0 Å². The van der Waals surface area contributed by atoms with Crippen LogP contribution in [-0.2, 0) is 6.61 Å². The van der Waals surface area contributed by atoms with Crippen LogP contribution in [0.2, 0.25) is 0 Å². The fraction of sp³-hybridized carbons (Fsp3) is 0.333. The van der Waals surface area contributed by atoms with Crippen molar-refractivity contribution in [2.75, 3.05) is 7.11 Å². The first-order valence-electron chi connectivity index (χ1n) is 2.82. The second-order valence-electron chi connectivity index (χ2n) is 1.70. The van der Waals surface area contributed by atoms with Gasteiger partial charge in [-0.2, -0.15) is 0 Å². The van der Waals surface area contributed by atoms with E-state index in [1.807, 2.05) is 0 Å². The molecular formula is C6H8N2NaO2. The maximum Gasteiger partial charge on any atom is 0.155 e. The van der Waals surface area contributed by atoms with Gasteiger partial charge in [-0.1, -0.05) is 0 Å². The molecule has 5 heteroatoms. The predicted octanol–water partition coefficient (Wildman–Crippen LogP) is -0.403. The van der Waals surface area contributed by atoms with Gasteiger partial charge in [-0.25, -0.2) is 9.97 Å². The molecular weight excluding hydrogens is 155 g/mol. The van der Waals surface area contributed by atoms with Crippen LogP contribution >= 0.6 is 0 Å². The zero-order chi connectivity index (χ0) is 7.40. The van der Waals surface area contributed by atoms with E-state index in [1.165, 1.54) is 19.5 Å². The fourth-order valence-corrected chi connectivity index (χ4v) is 0.530. The summed E-state index contributed by atoms with van der Waals surface area (Å²) in [7, 11) is 1.54. The molecule has 0 aliphatic rings. The Labute approximate surface area is 86.9 Å². The molecule has 0 aliphatic carbocycles. The summed E-state index contributed by atoms with van der Waals surface area (Å²) in [4.78, 5) is 7.56. The summed E-state index contributed by atoms with van der Waals surface area (Å²) in [5.74, 6) is 0.998. The summed E-state index contributed by atoms with van der Waals surface area (Å²) in [6, 6.07) is 0. The van der Waals surface area contributed by atoms with E-state index >= 15 is 0 Å². The van der Waals surface area contributed by atoms with E-state index in [-0.39, 0.29) is 36.2 Å². The Balaban J connectivity index is 0.000001000. The van der Waals surface area contributed by atoms with Crippen molar-refractivity contribution in [3.63, 3.8) is 0 Å². The van der Waals surface area contributed by atoms with E-state index in [2.05, 4.69) is 9.97 Å². The number of aromatic nitrogens is 2. The molecule has 0 aliphatic heterocycles. The summed E-state index contributed by atoms with van der Waals surface area (Å²) in [6.07, 6.45) is 3.02. The number of hydrogen-bond acceptors (Lipinski definition) is 4. The Bertz CT molecular complexity index is 179. The third-order valence-electron chi connectivity index (χ3n) is 1.06. The van der Waals surface area contributed by atoms with Gasteiger partial charge >= 0.3 is 0 Å². The Hall–Kier alpha value is -0.160. The molecule has 0 unspecified atom stereocenters. The van der Waals surface area contributed by atoms with Crippen molar-refractivity contribution in [1.29, 1.82) is 0 Å². The van der Waals surface area contributed by atoms with Gasteiger partial charge in [0.1, 0.15) is 6.61 Å². The van der Waals surface area contributed by atoms with Crippen LogP contribution in [0.1, 0.15) is 5.82 Å². The van der Waals surface area contributed by atoms with Crippen LogP contribution in [0.25, 0.3) is 0 Å². The maximum absolute atomic E-state index is 8.54. The molecule has 4 nitrogen and oxygen atoms in total. The molecule has 1 aromatic rings. The molecule has 0 saturated heterocycles. The monoisotopic (exact) mass is 163 g/mol. The molecule has 11 heavy (non-hydrogen) atoms. The van der Waals surface area contributed by atoms with Crippen LogP contribution in [0.3, 0.4) is 0 Å². The molecule has 0 atom stereocenters. The smallest absolute Gasteiger partial charge is 0.155 e. The number of nitrogens with zero attached hydrogens (tertiary/aromatic N) is 2. The number of methoxy groups -OCH3 is 1. The summed E-state index contributed by atoms with van der Waals surface area (Å²) in [6.45, 7) is -0.135. The van der Waals surface area contributed by atoms with Gasteiger partial charge in [0, 0.05) is 29.6 Å². The summed E-state index contributed by atoms with van der Waals surface area (Å²) in [5, 5.41) is 8.54. The standard InChI is InChI=1S/C6H8N2O2.Na/c1-10-5-2-7-6(4-9)8-3-5;/h2-3,9H,4H2,1H3;. The number of hydrogen-bond donors (Lipinski definition) is 1. The summed E-state index contributed by atoms with van der Waals surface area (Å²) >= 11 is 0. The average Bonchev–Trinajstić information content (AvgIpc) is 2.05. The normalized spacial score (nSPS) is 8.55. The minimum Gasteiger partial charge on any atom is -0.494 e. The summed E-state index contributed by atoms with van der Waals surface area (Å²) in [5.41, 5.74) is 0. The first-order valence-corrected chi connectivity index (χ1v) is 2.82. The minimum absolute atomic E-state index is 0. The fourth-order valence-electron chi connectivity index (χ4n) is 0.530. The zero-order valence-corrected chi connectivity index (χ0v) is 8.61. The first-order chi connectivity index (χ1) is 4.86. The van der Waals surface area contributed by atoms with Crippen molar-refractivity contribution in [1.82, 2.24) is 9.97 Å². The van der Waals surface area contributed by atoms with Gasteiger partial charge in [0.05, 0.1) is 19.5 Å². The quantitative estimate of drug-likeness (QED) is 0.602. The van der Waals surface area contributed by atoms with E-state index < -0.39 is 0 Å². The van der Waals surface area contributed by atoms with Crippen LogP contribution in [0.15, 0.2) is 12.4 Å². The number of aliphatic hydroxyl groups is 1. The van der Waals surface area contributed by atoms with Gasteiger partial charge < -0.3 is 9.84 Å². The number of ether oxygens (including phenoxy) is 1. The van der Waals surface area contributed by atoms with Crippen molar-refractivity contribution in [3.05, 3.63) is 18.2 Å². The Morgan fingerprint density at radius 1 is 1.45 bits per heavy atom. The number of rotatable bonds is 2. The average molecular weight is 163 g/mol. The van der Waals surface area contributed by atoms with E-state index in [4.69, 9.17) is 9.84 Å². The third kappa shape index (κ3) is 3.16. The molecule has 0 fully saturated rings. The second-order valence-corrected chi connectivity index (χ2v) is 1.70. The van der Waals surface area contributed by atoms with Crippen LogP contribution in [0.4, 0.5) is 0 Å². The van der Waals surface area contributed by atoms with Gasteiger partial charge in [0.15, 0.2) is 11.6 Å². The molecule has 0 aromatic carbocycles. The molecule has 1 radical (unpaired) electrons. The molecule has 1 rings (SSSR count). The van der Waals surface area contributed by atoms with E-state index in [1.54, 1.807) is 0 Å². The van der Waals surface area contributed by atoms with Crippen molar-refractivity contribution in [2.24, 2.45) is 0 Å². The summed E-state index contributed by atoms with van der Waals surface area (Å²) < 4.78 is 4.81. The molecule has 0 amide bonds. The van der Waals surface area contributed by atoms with Gasteiger partial charge in [-0.05, 0) is 0 Å². The van der Waals surface area contributed by atoms with Crippen LogP contribution < -0.4 is 4.74 Å². The van der Waals surface area contributed by atoms with Gasteiger partial charge in [0.2, 0.25) is 0 Å². The molecule has 55 valence electrons. The van der Waals surface area contributed by atoms with Crippen molar-refractivity contribution < 1.29 is 9.84 Å². The van der Waals surface area contributed by atoms with Gasteiger partial charge in [-0.3, -0.25) is 0 Å². The second kappa shape index (κ2) is 5.49. The first kappa shape index (κ1) is 10.8. The minimum atomic E-state index is -0.135. The van der Waals surface area contributed by atoms with E-state index in [9.17, 15) is 0 Å². The molecule has 0 spiro atoms. The third-order valence-corrected chi connectivity index (χ3v) is 1.06. The largest absolute Gasteiger partial charge is 0.494 e. The Morgan fingerprint density at radius 2 is 2.00 bits per heavy atom. The van der Waals surface area contributed by atoms with Crippen molar-refractivity contribution in [3.8, 4) is 5.75 Å². The van der Waals surface area contributed by atoms with Crippen LogP contribution in [-0.4, -0.2) is 51.7 Å². The number of aliphatic hydroxyl groups excluding tert-OH is 1. The van der Waals surface area contributed by atoms with Crippen molar-refractivity contribution >= 4 is 29.6 Å². The van der Waals surface area contributed by atoms with Gasteiger partial charge in [0.25, 0.3) is 0 Å². The Morgan fingerprint density at radius 3 is 2.36 bits per heavy atom. The molecule has 0 saturated carbocycles. The molecule has 1 aromatic heterocycles. The van der Waals surface area contributed by atoms with Gasteiger partial charge in [-0.15, -0.1) is 0 Å². The maximum atomic E-state index is 8.54. The van der Waals surface area contributed by atoms with E-state index in [0.717, 1.165) is 0 Å². The topological polar surface area (TPSA) is 55.2 Å². The Kier molecular flexibility index (Phi) is 5.41. The zero-order valence-electron chi connectivity index (χ0n) is 6.61.